The van der Waals surface area contributed by atoms with E-state index < -0.39 is 38.6 Å². The van der Waals surface area contributed by atoms with Gasteiger partial charge in [-0.3, -0.25) is 14.2 Å². The summed E-state index contributed by atoms with van der Waals surface area (Å²) in [7, 11) is 1.06. The van der Waals surface area contributed by atoms with Crippen LogP contribution >= 0.6 is 7.82 Å². The summed E-state index contributed by atoms with van der Waals surface area (Å²) in [5.74, 6) is 1.23. The Morgan fingerprint density at radius 2 is 1.41 bits per heavy atom. The van der Waals surface area contributed by atoms with Crippen LogP contribution in [-0.2, 0) is 45.5 Å². The second-order valence-corrected chi connectivity index (χ2v) is 17.5. The van der Waals surface area contributed by atoms with E-state index >= 15 is 0 Å². The van der Waals surface area contributed by atoms with Crippen LogP contribution in [0, 0.1) is 13.8 Å². The van der Waals surface area contributed by atoms with Crippen molar-refractivity contribution in [3.8, 4) is 0 Å². The van der Waals surface area contributed by atoms with Crippen molar-refractivity contribution in [1.29, 1.82) is 0 Å². The summed E-state index contributed by atoms with van der Waals surface area (Å²) in [6.07, 6.45) is 30.3. The molecular formula is C46H78NO10P. The molecule has 0 aliphatic carbocycles. The number of unbranched alkanes of at least 4 members (excludes halogenated alkanes) is 9. The van der Waals surface area contributed by atoms with E-state index in [9.17, 15) is 24.2 Å². The van der Waals surface area contributed by atoms with Crippen molar-refractivity contribution in [3.63, 3.8) is 0 Å². The topological polar surface area (TPSA) is 145 Å². The summed E-state index contributed by atoms with van der Waals surface area (Å²) in [6.45, 7) is 8.17. The fraction of sp³-hybridized carbons (Fsp3) is 0.696. The molecule has 1 aromatic rings. The van der Waals surface area contributed by atoms with E-state index in [1.54, 1.807) is 6.08 Å². The van der Waals surface area contributed by atoms with Gasteiger partial charge < -0.3 is 37.4 Å². The molecule has 0 radical (unpaired) electrons. The SMILES string of the molecule is CCCCC/C=C\C=C/[C@@H](O)C/C=C\C/C=C/CCCC(=O)OC[C@H](COP(=O)([O-])OCC[N+](C)(C)C)OC(=O)CCCCCCCCc1oc(CCC)c(C)c1C. The number of phosphoric ester groups is 1. The normalized spacial score (nSPS) is 14.6. The van der Waals surface area contributed by atoms with Crippen LogP contribution in [0.4, 0.5) is 0 Å². The van der Waals surface area contributed by atoms with Gasteiger partial charge in [-0.25, -0.2) is 0 Å². The summed E-state index contributed by atoms with van der Waals surface area (Å²) in [4.78, 5) is 37.6. The minimum Gasteiger partial charge on any atom is -0.756 e. The van der Waals surface area contributed by atoms with Crippen LogP contribution in [0.5, 0.6) is 0 Å². The summed E-state index contributed by atoms with van der Waals surface area (Å²) >= 11 is 0. The molecule has 0 saturated carbocycles. The quantitative estimate of drug-likeness (QED) is 0.0175. The summed E-state index contributed by atoms with van der Waals surface area (Å²) < 4.78 is 39.9. The van der Waals surface area contributed by atoms with Gasteiger partial charge in [0, 0.05) is 25.7 Å². The molecular weight excluding hydrogens is 757 g/mol. The van der Waals surface area contributed by atoms with E-state index in [1.807, 2.05) is 57.6 Å². The number of aliphatic hydroxyl groups is 1. The number of quaternary nitrogens is 1. The fourth-order valence-electron chi connectivity index (χ4n) is 5.89. The Labute approximate surface area is 351 Å². The Kier molecular flexibility index (Phi) is 29.4. The molecule has 1 unspecified atom stereocenters. The first kappa shape index (κ1) is 53.2. The molecule has 0 bridgehead atoms. The molecule has 1 heterocycles. The highest BCUT2D eigenvalue weighted by Gasteiger charge is 2.22. The zero-order valence-electron chi connectivity index (χ0n) is 37.1. The molecule has 3 atom stereocenters. The molecule has 0 aromatic carbocycles. The Bertz CT molecular complexity index is 1420. The summed E-state index contributed by atoms with van der Waals surface area (Å²) in [5.41, 5.74) is 2.55. The minimum absolute atomic E-state index is 0.0609. The van der Waals surface area contributed by atoms with E-state index in [0.717, 1.165) is 75.7 Å². The van der Waals surface area contributed by atoms with Crippen molar-refractivity contribution < 1.29 is 51.6 Å². The molecule has 12 heteroatoms. The van der Waals surface area contributed by atoms with Crippen LogP contribution in [0.3, 0.4) is 0 Å². The van der Waals surface area contributed by atoms with Crippen LogP contribution in [0.1, 0.15) is 146 Å². The Morgan fingerprint density at radius 1 is 0.759 bits per heavy atom. The van der Waals surface area contributed by atoms with Gasteiger partial charge in [-0.15, -0.1) is 0 Å². The van der Waals surface area contributed by atoms with Gasteiger partial charge in [0.25, 0.3) is 7.82 Å². The number of ether oxygens (including phenoxy) is 2. The Balaban J connectivity index is 2.44. The molecule has 1 rings (SSSR count). The van der Waals surface area contributed by atoms with Crippen LogP contribution in [0.15, 0.2) is 53.0 Å². The number of hydrogen-bond donors (Lipinski definition) is 1. The fourth-order valence-corrected chi connectivity index (χ4v) is 6.62. The molecule has 1 aromatic heterocycles. The number of aryl methyl sites for hydroxylation is 2. The van der Waals surface area contributed by atoms with Crippen molar-refractivity contribution in [2.75, 3.05) is 47.5 Å². The number of furan rings is 1. The van der Waals surface area contributed by atoms with Crippen LogP contribution in [0.25, 0.3) is 0 Å². The smallest absolute Gasteiger partial charge is 0.306 e. The maximum absolute atomic E-state index is 12.7. The molecule has 332 valence electrons. The second-order valence-electron chi connectivity index (χ2n) is 16.1. The highest BCUT2D eigenvalue weighted by Crippen LogP contribution is 2.38. The van der Waals surface area contributed by atoms with E-state index in [4.69, 9.17) is 22.9 Å². The van der Waals surface area contributed by atoms with Gasteiger partial charge in [-0.1, -0.05) is 101 Å². The largest absolute Gasteiger partial charge is 0.756 e. The van der Waals surface area contributed by atoms with Crippen molar-refractivity contribution in [2.45, 2.75) is 162 Å². The highest BCUT2D eigenvalue weighted by atomic mass is 31.2. The molecule has 0 amide bonds. The van der Waals surface area contributed by atoms with Crippen molar-refractivity contribution in [1.82, 2.24) is 0 Å². The third kappa shape index (κ3) is 28.6. The van der Waals surface area contributed by atoms with Gasteiger partial charge in [0.05, 0.1) is 33.9 Å². The molecule has 0 aliphatic rings. The highest BCUT2D eigenvalue weighted by molar-refractivity contribution is 7.45. The lowest BCUT2D eigenvalue weighted by atomic mass is 10.0. The van der Waals surface area contributed by atoms with Gasteiger partial charge in [0.2, 0.25) is 0 Å². The lowest BCUT2D eigenvalue weighted by Crippen LogP contribution is -2.37. The lowest BCUT2D eigenvalue weighted by molar-refractivity contribution is -0.870. The number of rotatable bonds is 35. The van der Waals surface area contributed by atoms with Gasteiger partial charge in [0.1, 0.15) is 31.3 Å². The third-order valence-electron chi connectivity index (χ3n) is 9.61. The number of nitrogens with zero attached hydrogens (tertiary/aromatic N) is 1. The standard InChI is InChI=1S/C46H78NO10P/c1-8-10-11-12-14-19-24-30-41(48)31-25-20-15-13-16-22-27-33-45(49)53-37-42(38-55-58(51,52)54-36-35-47(5,6)7)56-46(50)34-28-23-18-17-21-26-32-44-40(4)39(3)43(57-44)29-9-2/h13-14,16,19-20,24-25,30,41-42,48H,8-12,15,17-18,21-23,26-29,31-38H2,1-7H3/b16-13+,19-14-,25-20-,30-24-/t41-,42-/m1/s1. The van der Waals surface area contributed by atoms with Crippen molar-refractivity contribution in [3.05, 3.63) is 71.3 Å². The zero-order valence-corrected chi connectivity index (χ0v) is 37.9. The average molecular weight is 836 g/mol. The molecule has 0 fully saturated rings. The van der Waals surface area contributed by atoms with E-state index in [2.05, 4.69) is 33.8 Å². The number of esters is 2. The van der Waals surface area contributed by atoms with E-state index in [1.165, 1.54) is 30.4 Å². The molecule has 11 nitrogen and oxygen atoms in total. The number of carbonyl (C=O) groups is 2. The first-order valence-corrected chi connectivity index (χ1v) is 23.3. The average Bonchev–Trinajstić information content (AvgIpc) is 3.43. The summed E-state index contributed by atoms with van der Waals surface area (Å²) in [6, 6.07) is 0. The Morgan fingerprint density at radius 3 is 2.12 bits per heavy atom. The lowest BCUT2D eigenvalue weighted by Gasteiger charge is -2.28. The number of hydrogen-bond acceptors (Lipinski definition) is 10. The van der Waals surface area contributed by atoms with Crippen LogP contribution < -0.4 is 4.89 Å². The zero-order chi connectivity index (χ0) is 43.1. The maximum atomic E-state index is 12.7. The van der Waals surface area contributed by atoms with Gasteiger partial charge in [-0.2, -0.15) is 0 Å². The molecule has 0 saturated heterocycles. The second kappa shape index (κ2) is 32.0. The summed E-state index contributed by atoms with van der Waals surface area (Å²) in [5, 5.41) is 10.1. The van der Waals surface area contributed by atoms with Gasteiger partial charge in [-0.05, 0) is 82.8 Å². The van der Waals surface area contributed by atoms with Crippen molar-refractivity contribution >= 4 is 19.8 Å². The predicted molar refractivity (Wildman–Crippen MR) is 231 cm³/mol. The number of likely N-dealkylation sites (N-methyl/N-ethyl adjacent to an activating group) is 1. The number of aliphatic hydroxyl groups excluding tert-OH is 1. The number of carbonyl (C=O) groups excluding carboxylic acids is 2. The maximum Gasteiger partial charge on any atom is 0.306 e. The Hall–Kier alpha value is -2.79. The van der Waals surface area contributed by atoms with Gasteiger partial charge in [0.15, 0.2) is 6.10 Å². The molecule has 58 heavy (non-hydrogen) atoms. The third-order valence-corrected chi connectivity index (χ3v) is 10.6. The number of phosphoric acid groups is 1. The van der Waals surface area contributed by atoms with E-state index in [0.29, 0.717) is 36.7 Å². The molecule has 0 aliphatic heterocycles. The molecule has 0 spiro atoms. The van der Waals surface area contributed by atoms with Crippen LogP contribution in [-0.4, -0.2) is 81.2 Å². The predicted octanol–water partition coefficient (Wildman–Crippen LogP) is 9.90. The first-order valence-electron chi connectivity index (χ1n) is 21.8. The monoisotopic (exact) mass is 836 g/mol. The first-order chi connectivity index (χ1) is 27.7. The van der Waals surface area contributed by atoms with Crippen LogP contribution in [0.2, 0.25) is 0 Å². The number of allylic oxidation sites excluding steroid dienone is 6. The van der Waals surface area contributed by atoms with E-state index in [-0.39, 0.29) is 26.1 Å². The molecule has 1 N–H and O–H groups in total. The minimum atomic E-state index is -4.67. The van der Waals surface area contributed by atoms with Crippen molar-refractivity contribution in [2.24, 2.45) is 0 Å². The van der Waals surface area contributed by atoms with Gasteiger partial charge >= 0.3 is 11.9 Å².